The first-order chi connectivity index (χ1) is 9.65. The number of aryl methyl sites for hydroxylation is 1. The minimum absolute atomic E-state index is 0.110. The average molecular weight is 272 g/mol. The summed E-state index contributed by atoms with van der Waals surface area (Å²) in [6.45, 7) is 2.78. The highest BCUT2D eigenvalue weighted by molar-refractivity contribution is 5.98. The largest absolute Gasteiger partial charge is 0.326 e. The zero-order valence-corrected chi connectivity index (χ0v) is 11.8. The lowest BCUT2D eigenvalue weighted by molar-refractivity contribution is -0.122. The number of nitrogens with zero attached hydrogens (tertiary/aromatic N) is 1. The monoisotopic (exact) mass is 272 g/mol. The van der Waals surface area contributed by atoms with Crippen molar-refractivity contribution in [2.75, 3.05) is 16.8 Å². The van der Waals surface area contributed by atoms with E-state index < -0.39 is 0 Å². The fraction of sp³-hybridized carbons (Fsp3) is 0.500. The molecule has 4 nitrogen and oxygen atoms in total. The lowest BCUT2D eigenvalue weighted by Gasteiger charge is -2.25. The fourth-order valence-electron chi connectivity index (χ4n) is 2.80. The summed E-state index contributed by atoms with van der Waals surface area (Å²) in [6, 6.07) is 5.81. The van der Waals surface area contributed by atoms with E-state index in [4.69, 9.17) is 0 Å². The Balaban J connectivity index is 1.79. The number of amides is 2. The zero-order chi connectivity index (χ0) is 14.1. The Labute approximate surface area is 119 Å². The van der Waals surface area contributed by atoms with E-state index in [1.54, 1.807) is 0 Å². The van der Waals surface area contributed by atoms with Gasteiger partial charge in [-0.2, -0.15) is 0 Å². The van der Waals surface area contributed by atoms with Crippen molar-refractivity contribution in [2.24, 2.45) is 5.92 Å². The number of benzene rings is 1. The third kappa shape index (κ3) is 2.42. The van der Waals surface area contributed by atoms with Gasteiger partial charge in [0.1, 0.15) is 0 Å². The van der Waals surface area contributed by atoms with Crippen LogP contribution < -0.4 is 10.2 Å². The van der Waals surface area contributed by atoms with Crippen LogP contribution >= 0.6 is 0 Å². The number of nitrogens with one attached hydrogen (secondary N) is 1. The predicted molar refractivity (Wildman–Crippen MR) is 78.7 cm³/mol. The number of rotatable bonds is 3. The maximum atomic E-state index is 12.0. The maximum Gasteiger partial charge on any atom is 0.227 e. The molecular formula is C16H20N2O2. The molecule has 1 aliphatic carbocycles. The molecule has 1 aromatic carbocycles. The molecule has 1 saturated carbocycles. The van der Waals surface area contributed by atoms with Crippen LogP contribution in [0.25, 0.3) is 0 Å². The number of hydrogen-bond donors (Lipinski definition) is 1. The second-order valence-corrected chi connectivity index (χ2v) is 5.77. The van der Waals surface area contributed by atoms with Crippen LogP contribution in [-0.4, -0.2) is 18.4 Å². The summed E-state index contributed by atoms with van der Waals surface area (Å²) in [4.78, 5) is 25.7. The zero-order valence-electron chi connectivity index (χ0n) is 11.8. The van der Waals surface area contributed by atoms with E-state index in [-0.39, 0.29) is 17.7 Å². The van der Waals surface area contributed by atoms with Gasteiger partial charge in [-0.25, -0.2) is 0 Å². The second kappa shape index (κ2) is 5.27. The van der Waals surface area contributed by atoms with Crippen LogP contribution in [0.4, 0.5) is 11.4 Å². The lowest BCUT2D eigenvalue weighted by Crippen LogP contribution is -2.28. The van der Waals surface area contributed by atoms with Crippen LogP contribution in [0, 0.1) is 12.8 Å². The molecule has 0 aromatic heterocycles. The molecule has 2 fully saturated rings. The number of anilines is 2. The Morgan fingerprint density at radius 2 is 2.10 bits per heavy atom. The van der Waals surface area contributed by atoms with Crippen molar-refractivity contribution in [2.45, 2.75) is 39.0 Å². The second-order valence-electron chi connectivity index (χ2n) is 5.77. The van der Waals surface area contributed by atoms with Crippen molar-refractivity contribution in [1.29, 1.82) is 0 Å². The molecule has 1 aliphatic heterocycles. The van der Waals surface area contributed by atoms with Crippen molar-refractivity contribution in [3.63, 3.8) is 0 Å². The van der Waals surface area contributed by atoms with Gasteiger partial charge in [-0.05, 0) is 43.9 Å². The normalized spacial score (nSPS) is 19.1. The summed E-state index contributed by atoms with van der Waals surface area (Å²) >= 11 is 0. The molecule has 106 valence electrons. The smallest absolute Gasteiger partial charge is 0.227 e. The van der Waals surface area contributed by atoms with Crippen molar-refractivity contribution in [1.82, 2.24) is 0 Å². The van der Waals surface area contributed by atoms with Crippen LogP contribution in [0.15, 0.2) is 18.2 Å². The van der Waals surface area contributed by atoms with Crippen molar-refractivity contribution in [3.8, 4) is 0 Å². The molecule has 2 amide bonds. The number of carbonyl (C=O) groups excluding carboxylic acids is 2. The van der Waals surface area contributed by atoms with Gasteiger partial charge < -0.3 is 10.2 Å². The Bertz CT molecular complexity index is 549. The van der Waals surface area contributed by atoms with Gasteiger partial charge in [0, 0.05) is 30.3 Å². The molecule has 0 bridgehead atoms. The molecule has 0 spiro atoms. The molecule has 1 saturated heterocycles. The first kappa shape index (κ1) is 13.2. The van der Waals surface area contributed by atoms with Crippen LogP contribution in [-0.2, 0) is 9.59 Å². The van der Waals surface area contributed by atoms with Crippen LogP contribution in [0.3, 0.4) is 0 Å². The topological polar surface area (TPSA) is 49.4 Å². The summed E-state index contributed by atoms with van der Waals surface area (Å²) in [6.07, 6.45) is 4.68. The quantitative estimate of drug-likeness (QED) is 0.919. The standard InChI is InChI=1S/C16H20N2O2/c1-11-7-8-13(17-16(20)12-4-2-5-12)10-14(11)18-9-3-6-15(18)19/h7-8,10,12H,2-6,9H2,1H3,(H,17,20). The Morgan fingerprint density at radius 3 is 2.70 bits per heavy atom. The highest BCUT2D eigenvalue weighted by Crippen LogP contribution is 2.30. The minimum Gasteiger partial charge on any atom is -0.326 e. The van der Waals surface area contributed by atoms with Crippen LogP contribution in [0.2, 0.25) is 0 Å². The van der Waals surface area contributed by atoms with Gasteiger partial charge in [-0.1, -0.05) is 12.5 Å². The first-order valence-electron chi connectivity index (χ1n) is 7.37. The van der Waals surface area contributed by atoms with E-state index in [1.165, 1.54) is 0 Å². The lowest BCUT2D eigenvalue weighted by atomic mass is 9.85. The van der Waals surface area contributed by atoms with E-state index in [0.717, 1.165) is 49.2 Å². The Morgan fingerprint density at radius 1 is 1.30 bits per heavy atom. The predicted octanol–water partition coefficient (Wildman–Crippen LogP) is 2.86. The molecule has 0 unspecified atom stereocenters. The molecule has 3 rings (SSSR count). The van der Waals surface area contributed by atoms with Gasteiger partial charge in [0.15, 0.2) is 0 Å². The van der Waals surface area contributed by atoms with Gasteiger partial charge in [0.05, 0.1) is 0 Å². The van der Waals surface area contributed by atoms with Crippen molar-refractivity contribution in [3.05, 3.63) is 23.8 Å². The minimum atomic E-state index is 0.110. The Kier molecular flexibility index (Phi) is 3.47. The van der Waals surface area contributed by atoms with E-state index in [2.05, 4.69) is 5.32 Å². The number of hydrogen-bond acceptors (Lipinski definition) is 2. The van der Waals surface area contributed by atoms with Gasteiger partial charge in [-0.15, -0.1) is 0 Å². The summed E-state index contributed by atoms with van der Waals surface area (Å²) in [5, 5.41) is 2.97. The van der Waals surface area contributed by atoms with Crippen LogP contribution in [0.1, 0.15) is 37.7 Å². The highest BCUT2D eigenvalue weighted by atomic mass is 16.2. The molecule has 2 aliphatic rings. The van der Waals surface area contributed by atoms with Gasteiger partial charge >= 0.3 is 0 Å². The van der Waals surface area contributed by atoms with Gasteiger partial charge in [0.25, 0.3) is 0 Å². The van der Waals surface area contributed by atoms with E-state index >= 15 is 0 Å². The molecule has 1 N–H and O–H groups in total. The van der Waals surface area contributed by atoms with Gasteiger partial charge in [0.2, 0.25) is 11.8 Å². The SMILES string of the molecule is Cc1ccc(NC(=O)C2CCC2)cc1N1CCCC1=O. The molecule has 0 radical (unpaired) electrons. The molecular weight excluding hydrogens is 252 g/mol. The fourth-order valence-corrected chi connectivity index (χ4v) is 2.80. The van der Waals surface area contributed by atoms with Gasteiger partial charge in [-0.3, -0.25) is 9.59 Å². The van der Waals surface area contributed by atoms with E-state index in [1.807, 2.05) is 30.0 Å². The highest BCUT2D eigenvalue weighted by Gasteiger charge is 2.26. The molecule has 1 aromatic rings. The summed E-state index contributed by atoms with van der Waals surface area (Å²) in [5.74, 6) is 0.461. The average Bonchev–Trinajstić information content (AvgIpc) is 2.75. The molecule has 1 heterocycles. The summed E-state index contributed by atoms with van der Waals surface area (Å²) in [7, 11) is 0. The number of carbonyl (C=O) groups is 2. The third-order valence-corrected chi connectivity index (χ3v) is 4.32. The van der Waals surface area contributed by atoms with E-state index in [0.29, 0.717) is 6.42 Å². The molecule has 4 heteroatoms. The van der Waals surface area contributed by atoms with E-state index in [9.17, 15) is 9.59 Å². The summed E-state index contributed by atoms with van der Waals surface area (Å²) < 4.78 is 0. The Hall–Kier alpha value is -1.84. The maximum absolute atomic E-state index is 12.0. The first-order valence-corrected chi connectivity index (χ1v) is 7.37. The summed E-state index contributed by atoms with van der Waals surface area (Å²) in [5.41, 5.74) is 2.79. The molecule has 20 heavy (non-hydrogen) atoms. The third-order valence-electron chi connectivity index (χ3n) is 4.32. The van der Waals surface area contributed by atoms with Crippen LogP contribution in [0.5, 0.6) is 0 Å². The van der Waals surface area contributed by atoms with Crippen molar-refractivity contribution < 1.29 is 9.59 Å². The molecule has 0 atom stereocenters. The van der Waals surface area contributed by atoms with Crippen molar-refractivity contribution >= 4 is 23.2 Å².